The number of rotatable bonds is 2. The molecular weight excluding hydrogens is 172 g/mol. The van der Waals surface area contributed by atoms with Crippen molar-refractivity contribution in [3.8, 4) is 0 Å². The lowest BCUT2D eigenvalue weighted by Gasteiger charge is -2.12. The number of hydrogen-bond donors (Lipinski definition) is 1. The highest BCUT2D eigenvalue weighted by Gasteiger charge is 2.10. The second-order valence-electron chi connectivity index (χ2n) is 2.92. The van der Waals surface area contributed by atoms with Crippen molar-refractivity contribution in [3.63, 3.8) is 0 Å². The highest BCUT2D eigenvalue weighted by molar-refractivity contribution is 6.20. The molecule has 0 aliphatic rings. The largest absolute Gasteiger partial charge is 0.389 e. The van der Waals surface area contributed by atoms with Crippen LogP contribution in [0.15, 0.2) is 24.3 Å². The predicted octanol–water partition coefficient (Wildman–Crippen LogP) is 3.04. The van der Waals surface area contributed by atoms with Gasteiger partial charge in [0.1, 0.15) is 0 Å². The van der Waals surface area contributed by atoms with Crippen LogP contribution in [0.1, 0.15) is 36.5 Å². The fourth-order valence-electron chi connectivity index (χ4n) is 1.25. The third-order valence-corrected chi connectivity index (χ3v) is 2.11. The van der Waals surface area contributed by atoms with Crippen LogP contribution in [0.2, 0.25) is 0 Å². The summed E-state index contributed by atoms with van der Waals surface area (Å²) in [6.45, 7) is 3.65. The van der Waals surface area contributed by atoms with Crippen LogP contribution in [-0.2, 0) is 0 Å². The molecule has 1 aromatic rings. The van der Waals surface area contributed by atoms with E-state index in [1.165, 1.54) is 0 Å². The van der Waals surface area contributed by atoms with Gasteiger partial charge in [-0.1, -0.05) is 24.3 Å². The van der Waals surface area contributed by atoms with Gasteiger partial charge in [-0.05, 0) is 25.0 Å². The minimum absolute atomic E-state index is 0.0456. The molecule has 0 saturated heterocycles. The van der Waals surface area contributed by atoms with E-state index in [-0.39, 0.29) is 5.38 Å². The molecule has 1 aromatic carbocycles. The second kappa shape index (κ2) is 3.92. The Labute approximate surface area is 78.0 Å². The van der Waals surface area contributed by atoms with Crippen LogP contribution in [-0.4, -0.2) is 5.11 Å². The molecule has 0 aromatic heterocycles. The zero-order valence-electron chi connectivity index (χ0n) is 7.29. The van der Waals surface area contributed by atoms with Crippen molar-refractivity contribution >= 4 is 11.6 Å². The molecule has 2 heteroatoms. The Morgan fingerprint density at radius 3 is 2.00 bits per heavy atom. The molecule has 66 valence electrons. The van der Waals surface area contributed by atoms with Gasteiger partial charge in [-0.3, -0.25) is 0 Å². The summed E-state index contributed by atoms with van der Waals surface area (Å²) < 4.78 is 0. The normalized spacial score (nSPS) is 15.7. The van der Waals surface area contributed by atoms with Crippen molar-refractivity contribution in [2.75, 3.05) is 0 Å². The molecule has 1 nitrogen and oxygen atoms in total. The zero-order valence-corrected chi connectivity index (χ0v) is 8.05. The lowest BCUT2D eigenvalue weighted by Crippen LogP contribution is -1.98. The fraction of sp³-hybridized carbons (Fsp3) is 0.400. The Morgan fingerprint density at radius 1 is 1.17 bits per heavy atom. The molecule has 0 aliphatic carbocycles. The molecule has 0 amide bonds. The Balaban J connectivity index is 3.09. The van der Waals surface area contributed by atoms with E-state index in [1.807, 2.05) is 31.2 Å². The minimum Gasteiger partial charge on any atom is -0.389 e. The maximum absolute atomic E-state index is 9.39. The van der Waals surface area contributed by atoms with Gasteiger partial charge in [0.05, 0.1) is 11.5 Å². The van der Waals surface area contributed by atoms with Crippen LogP contribution in [0.25, 0.3) is 0 Å². The van der Waals surface area contributed by atoms with Gasteiger partial charge in [0.15, 0.2) is 0 Å². The highest BCUT2D eigenvalue weighted by Crippen LogP contribution is 2.26. The molecule has 2 unspecified atom stereocenters. The van der Waals surface area contributed by atoms with Crippen molar-refractivity contribution < 1.29 is 5.11 Å². The molecule has 12 heavy (non-hydrogen) atoms. The maximum Gasteiger partial charge on any atom is 0.0765 e. The summed E-state index contributed by atoms with van der Waals surface area (Å²) in [6.07, 6.45) is -0.442. The molecule has 0 fully saturated rings. The number of benzene rings is 1. The van der Waals surface area contributed by atoms with E-state index in [1.54, 1.807) is 6.92 Å². The summed E-state index contributed by atoms with van der Waals surface area (Å²) in [5, 5.41) is 9.35. The second-order valence-corrected chi connectivity index (χ2v) is 3.58. The number of hydrogen-bond acceptors (Lipinski definition) is 1. The lowest BCUT2D eigenvalue weighted by molar-refractivity contribution is 0.198. The Kier molecular flexibility index (Phi) is 3.12. The quantitative estimate of drug-likeness (QED) is 0.701. The molecule has 2 atom stereocenters. The van der Waals surface area contributed by atoms with Crippen LogP contribution in [0, 0.1) is 0 Å². The number of aliphatic hydroxyl groups is 1. The molecule has 0 heterocycles. The molecule has 0 saturated carbocycles. The van der Waals surface area contributed by atoms with Crippen molar-refractivity contribution in [2.24, 2.45) is 0 Å². The lowest BCUT2D eigenvalue weighted by atomic mass is 10.0. The van der Waals surface area contributed by atoms with Gasteiger partial charge in [0, 0.05) is 0 Å². The van der Waals surface area contributed by atoms with Gasteiger partial charge in [-0.15, -0.1) is 11.6 Å². The summed E-state index contributed by atoms with van der Waals surface area (Å²) in [6, 6.07) is 7.68. The first-order valence-corrected chi connectivity index (χ1v) is 4.47. The molecule has 1 rings (SSSR count). The summed E-state index contributed by atoms with van der Waals surface area (Å²) >= 11 is 5.94. The fourth-order valence-corrected chi connectivity index (χ4v) is 1.45. The molecular formula is C10H13ClO. The van der Waals surface area contributed by atoms with Gasteiger partial charge in [-0.2, -0.15) is 0 Å². The smallest absolute Gasteiger partial charge is 0.0765 e. The Hall–Kier alpha value is -0.530. The van der Waals surface area contributed by atoms with Crippen LogP contribution < -0.4 is 0 Å². The Bertz CT molecular complexity index is 229. The van der Waals surface area contributed by atoms with Gasteiger partial charge < -0.3 is 5.11 Å². The predicted molar refractivity (Wildman–Crippen MR) is 51.3 cm³/mol. The standard InChI is InChI=1S/C10H13ClO/c1-7(11)9-5-3-4-6-10(9)8(2)12/h3-8,12H,1-2H3. The van der Waals surface area contributed by atoms with E-state index >= 15 is 0 Å². The maximum atomic E-state index is 9.39. The zero-order chi connectivity index (χ0) is 9.14. The van der Waals surface area contributed by atoms with E-state index in [4.69, 9.17) is 11.6 Å². The monoisotopic (exact) mass is 184 g/mol. The van der Waals surface area contributed by atoms with Crippen molar-refractivity contribution in [3.05, 3.63) is 35.4 Å². The van der Waals surface area contributed by atoms with Gasteiger partial charge in [0.2, 0.25) is 0 Å². The van der Waals surface area contributed by atoms with Crippen LogP contribution in [0.5, 0.6) is 0 Å². The van der Waals surface area contributed by atoms with Crippen molar-refractivity contribution in [1.29, 1.82) is 0 Å². The summed E-state index contributed by atoms with van der Waals surface area (Å²) in [7, 11) is 0. The average Bonchev–Trinajstić information content (AvgIpc) is 2.04. The topological polar surface area (TPSA) is 20.2 Å². The van der Waals surface area contributed by atoms with Gasteiger partial charge in [-0.25, -0.2) is 0 Å². The van der Waals surface area contributed by atoms with Crippen molar-refractivity contribution in [2.45, 2.75) is 25.3 Å². The first-order valence-electron chi connectivity index (χ1n) is 4.04. The molecule has 0 bridgehead atoms. The van der Waals surface area contributed by atoms with Crippen molar-refractivity contribution in [1.82, 2.24) is 0 Å². The van der Waals surface area contributed by atoms with E-state index in [0.29, 0.717) is 0 Å². The average molecular weight is 185 g/mol. The van der Waals surface area contributed by atoms with E-state index in [0.717, 1.165) is 11.1 Å². The number of aliphatic hydroxyl groups excluding tert-OH is 1. The van der Waals surface area contributed by atoms with E-state index in [2.05, 4.69) is 0 Å². The third kappa shape index (κ3) is 1.99. The Morgan fingerprint density at radius 2 is 1.67 bits per heavy atom. The van der Waals surface area contributed by atoms with Crippen LogP contribution in [0.3, 0.4) is 0 Å². The first-order chi connectivity index (χ1) is 5.63. The minimum atomic E-state index is -0.442. The van der Waals surface area contributed by atoms with E-state index < -0.39 is 6.10 Å². The molecule has 0 radical (unpaired) electrons. The summed E-state index contributed by atoms with van der Waals surface area (Å²) in [5.41, 5.74) is 1.93. The summed E-state index contributed by atoms with van der Waals surface area (Å²) in [4.78, 5) is 0. The van der Waals surface area contributed by atoms with Crippen LogP contribution >= 0.6 is 11.6 Å². The highest BCUT2D eigenvalue weighted by atomic mass is 35.5. The summed E-state index contributed by atoms with van der Waals surface area (Å²) in [5.74, 6) is 0. The number of alkyl halides is 1. The van der Waals surface area contributed by atoms with Crippen LogP contribution in [0.4, 0.5) is 0 Å². The van der Waals surface area contributed by atoms with Gasteiger partial charge >= 0.3 is 0 Å². The molecule has 1 N–H and O–H groups in total. The third-order valence-electron chi connectivity index (χ3n) is 1.87. The van der Waals surface area contributed by atoms with Gasteiger partial charge in [0.25, 0.3) is 0 Å². The van der Waals surface area contributed by atoms with E-state index in [9.17, 15) is 5.11 Å². The SMILES string of the molecule is CC(O)c1ccccc1C(C)Cl. The number of halogens is 1. The molecule has 0 spiro atoms. The first kappa shape index (κ1) is 9.56. The molecule has 0 aliphatic heterocycles.